The van der Waals surface area contributed by atoms with Crippen molar-refractivity contribution in [2.45, 2.75) is 30.6 Å². The predicted octanol–water partition coefficient (Wildman–Crippen LogP) is 1.19. The van der Waals surface area contributed by atoms with Gasteiger partial charge in [0.1, 0.15) is 0 Å². The second-order valence-electron chi connectivity index (χ2n) is 6.38. The number of thioether (sulfide) groups is 1. The minimum absolute atomic E-state index is 0.0947. The van der Waals surface area contributed by atoms with Crippen molar-refractivity contribution in [2.75, 3.05) is 25.9 Å². The average molecular weight is 375 g/mol. The fourth-order valence-corrected chi connectivity index (χ4v) is 3.90. The number of urea groups is 1. The maximum absolute atomic E-state index is 11.9. The minimum atomic E-state index is -0.815. The third-order valence-electron chi connectivity index (χ3n) is 4.57. The fourth-order valence-electron chi connectivity index (χ4n) is 3.11. The van der Waals surface area contributed by atoms with Crippen LogP contribution in [0.15, 0.2) is 23.1 Å². The summed E-state index contributed by atoms with van der Waals surface area (Å²) in [4.78, 5) is 49.5. The lowest BCUT2D eigenvalue weighted by atomic mass is 10.1. The molecule has 3 rings (SSSR count). The normalized spacial score (nSPS) is 16.4. The molecule has 0 saturated carbocycles. The van der Waals surface area contributed by atoms with Crippen LogP contribution in [0.25, 0.3) is 0 Å². The van der Waals surface area contributed by atoms with Gasteiger partial charge in [-0.15, -0.1) is 11.8 Å². The van der Waals surface area contributed by atoms with Gasteiger partial charge in [-0.1, -0.05) is 6.07 Å². The quantitative estimate of drug-likeness (QED) is 0.335. The van der Waals surface area contributed by atoms with Crippen molar-refractivity contribution in [2.24, 2.45) is 0 Å². The standard InChI is InChI=1S/C18H21N3O4S/c1-20-16(23)17(24)21(18(20)25)9-3-8-19-15(22)11-26-14-7-6-12-4-2-5-13(12)10-14/h6-7,10H,2-5,8-9,11H2,1H3,(H,19,22). The molecule has 1 saturated heterocycles. The molecule has 0 radical (unpaired) electrons. The smallest absolute Gasteiger partial charge is 0.333 e. The summed E-state index contributed by atoms with van der Waals surface area (Å²) in [5.74, 6) is -1.40. The first-order valence-electron chi connectivity index (χ1n) is 8.62. The predicted molar refractivity (Wildman–Crippen MR) is 96.7 cm³/mol. The summed E-state index contributed by atoms with van der Waals surface area (Å²) in [5, 5.41) is 2.77. The van der Waals surface area contributed by atoms with Crippen LogP contribution < -0.4 is 5.32 Å². The van der Waals surface area contributed by atoms with Crippen molar-refractivity contribution in [3.63, 3.8) is 0 Å². The van der Waals surface area contributed by atoms with E-state index in [1.54, 1.807) is 0 Å². The molecule has 0 unspecified atom stereocenters. The Bertz CT molecular complexity index is 765. The molecule has 1 fully saturated rings. The van der Waals surface area contributed by atoms with Crippen molar-refractivity contribution < 1.29 is 19.2 Å². The van der Waals surface area contributed by atoms with Gasteiger partial charge in [0.15, 0.2) is 0 Å². The van der Waals surface area contributed by atoms with Gasteiger partial charge in [-0.05, 0) is 48.9 Å². The number of fused-ring (bicyclic) bond motifs is 1. The number of imide groups is 2. The summed E-state index contributed by atoms with van der Waals surface area (Å²) in [5.41, 5.74) is 2.80. The monoisotopic (exact) mass is 375 g/mol. The zero-order valence-corrected chi connectivity index (χ0v) is 15.4. The summed E-state index contributed by atoms with van der Waals surface area (Å²) in [6.45, 7) is 0.463. The molecule has 1 aromatic rings. The zero-order valence-electron chi connectivity index (χ0n) is 14.6. The van der Waals surface area contributed by atoms with E-state index in [0.717, 1.165) is 27.5 Å². The van der Waals surface area contributed by atoms with E-state index in [0.29, 0.717) is 18.7 Å². The van der Waals surface area contributed by atoms with E-state index in [4.69, 9.17) is 0 Å². The molecule has 138 valence electrons. The van der Waals surface area contributed by atoms with Crippen LogP contribution in [0.2, 0.25) is 0 Å². The van der Waals surface area contributed by atoms with Gasteiger partial charge in [-0.2, -0.15) is 0 Å². The molecule has 5 amide bonds. The van der Waals surface area contributed by atoms with Crippen molar-refractivity contribution in [3.8, 4) is 0 Å². The Morgan fingerprint density at radius 2 is 1.92 bits per heavy atom. The van der Waals surface area contributed by atoms with Crippen LogP contribution in [0.4, 0.5) is 4.79 Å². The highest BCUT2D eigenvalue weighted by Gasteiger charge is 2.41. The molecule has 0 aromatic heterocycles. The second kappa shape index (κ2) is 7.90. The van der Waals surface area contributed by atoms with Crippen molar-refractivity contribution in [1.29, 1.82) is 0 Å². The van der Waals surface area contributed by atoms with Gasteiger partial charge in [-0.25, -0.2) is 4.79 Å². The highest BCUT2D eigenvalue weighted by atomic mass is 32.2. The van der Waals surface area contributed by atoms with Crippen LogP contribution >= 0.6 is 11.8 Å². The van der Waals surface area contributed by atoms with Crippen molar-refractivity contribution in [1.82, 2.24) is 15.1 Å². The highest BCUT2D eigenvalue weighted by Crippen LogP contribution is 2.27. The van der Waals surface area contributed by atoms with Gasteiger partial charge in [-0.3, -0.25) is 24.2 Å². The van der Waals surface area contributed by atoms with Crippen LogP contribution in [0, 0.1) is 0 Å². The lowest BCUT2D eigenvalue weighted by Gasteiger charge is -2.12. The van der Waals surface area contributed by atoms with Gasteiger partial charge in [0.05, 0.1) is 5.75 Å². The molecule has 1 heterocycles. The lowest BCUT2D eigenvalue weighted by Crippen LogP contribution is -2.35. The van der Waals surface area contributed by atoms with Gasteiger partial charge in [0.25, 0.3) is 0 Å². The Morgan fingerprint density at radius 3 is 2.65 bits per heavy atom. The number of carbonyl (C=O) groups excluding carboxylic acids is 4. The van der Waals surface area contributed by atoms with E-state index in [9.17, 15) is 19.2 Å². The Morgan fingerprint density at radius 1 is 1.15 bits per heavy atom. The number of hydrogen-bond acceptors (Lipinski definition) is 5. The molecule has 8 heteroatoms. The minimum Gasteiger partial charge on any atom is -0.355 e. The van der Waals surface area contributed by atoms with Gasteiger partial charge >= 0.3 is 17.8 Å². The van der Waals surface area contributed by atoms with E-state index >= 15 is 0 Å². The van der Waals surface area contributed by atoms with Gasteiger partial charge in [0.2, 0.25) is 5.91 Å². The molecule has 1 aliphatic carbocycles. The molecule has 0 spiro atoms. The van der Waals surface area contributed by atoms with Crippen LogP contribution in [0.1, 0.15) is 24.0 Å². The molecule has 0 atom stereocenters. The number of likely N-dealkylation sites (N-methyl/N-ethyl adjacent to an activating group) is 1. The number of benzene rings is 1. The summed E-state index contributed by atoms with van der Waals surface area (Å²) in [6.07, 6.45) is 3.87. The van der Waals surface area contributed by atoms with E-state index in [1.807, 2.05) is 0 Å². The van der Waals surface area contributed by atoms with Crippen LogP contribution in [-0.2, 0) is 27.2 Å². The Labute approximate surface area is 156 Å². The van der Waals surface area contributed by atoms with Crippen molar-refractivity contribution in [3.05, 3.63) is 29.3 Å². The highest BCUT2D eigenvalue weighted by molar-refractivity contribution is 8.00. The Kier molecular flexibility index (Phi) is 5.61. The molecule has 0 bridgehead atoms. The van der Waals surface area contributed by atoms with E-state index in [-0.39, 0.29) is 12.5 Å². The second-order valence-corrected chi connectivity index (χ2v) is 7.43. The average Bonchev–Trinajstić information content (AvgIpc) is 3.17. The fraction of sp³-hybridized carbons (Fsp3) is 0.444. The topological polar surface area (TPSA) is 86.8 Å². The largest absolute Gasteiger partial charge is 0.355 e. The molecule has 7 nitrogen and oxygen atoms in total. The molecular weight excluding hydrogens is 354 g/mol. The van der Waals surface area contributed by atoms with Gasteiger partial charge < -0.3 is 5.32 Å². The number of amides is 5. The first-order chi connectivity index (χ1) is 12.5. The van der Waals surface area contributed by atoms with Crippen LogP contribution in [0.3, 0.4) is 0 Å². The van der Waals surface area contributed by atoms with Gasteiger partial charge in [0, 0.05) is 25.0 Å². The number of aryl methyl sites for hydroxylation is 2. The molecular formula is C18H21N3O4S. The molecule has 1 aliphatic heterocycles. The van der Waals surface area contributed by atoms with Crippen molar-refractivity contribution >= 4 is 35.5 Å². The molecule has 1 aromatic carbocycles. The summed E-state index contributed by atoms with van der Waals surface area (Å²) >= 11 is 1.50. The summed E-state index contributed by atoms with van der Waals surface area (Å²) < 4.78 is 0. The summed E-state index contributed by atoms with van der Waals surface area (Å²) in [6, 6.07) is 5.75. The number of nitrogens with one attached hydrogen (secondary N) is 1. The zero-order chi connectivity index (χ0) is 18.7. The first-order valence-corrected chi connectivity index (χ1v) is 9.61. The number of nitrogens with zero attached hydrogens (tertiary/aromatic N) is 2. The maximum Gasteiger partial charge on any atom is 0.333 e. The molecule has 1 N–H and O–H groups in total. The molecule has 26 heavy (non-hydrogen) atoms. The number of carbonyl (C=O) groups is 4. The Hall–Kier alpha value is -2.35. The summed E-state index contributed by atoms with van der Waals surface area (Å²) in [7, 11) is 1.28. The number of rotatable bonds is 7. The lowest BCUT2D eigenvalue weighted by molar-refractivity contribution is -0.142. The SMILES string of the molecule is CN1C(=O)C(=O)N(CCCNC(=O)CSc2ccc3c(c2)CCC3)C1=O. The van der Waals surface area contributed by atoms with Crippen LogP contribution in [-0.4, -0.2) is 59.4 Å². The number of hydrogen-bond donors (Lipinski definition) is 1. The van der Waals surface area contributed by atoms with E-state index in [1.165, 1.54) is 36.4 Å². The first kappa shape index (κ1) is 18.4. The van der Waals surface area contributed by atoms with E-state index in [2.05, 4.69) is 23.5 Å². The molecule has 2 aliphatic rings. The maximum atomic E-state index is 11.9. The van der Waals surface area contributed by atoms with E-state index < -0.39 is 17.8 Å². The third-order valence-corrected chi connectivity index (χ3v) is 5.56. The third kappa shape index (κ3) is 3.90. The Balaban J connectivity index is 1.36. The van der Waals surface area contributed by atoms with Crippen LogP contribution in [0.5, 0.6) is 0 Å².